The van der Waals surface area contributed by atoms with Crippen molar-refractivity contribution >= 4 is 28.9 Å². The van der Waals surface area contributed by atoms with Crippen LogP contribution in [0.1, 0.15) is 0 Å². The summed E-state index contributed by atoms with van der Waals surface area (Å²) in [5.41, 5.74) is 0.947. The molecule has 2 rings (SSSR count). The first kappa shape index (κ1) is 12.3. The van der Waals surface area contributed by atoms with Crippen LogP contribution in [0, 0.1) is 0 Å². The van der Waals surface area contributed by atoms with Gasteiger partial charge in [0, 0.05) is 36.4 Å². The first-order chi connectivity index (χ1) is 8.20. The molecule has 0 aliphatic carbocycles. The zero-order chi connectivity index (χ0) is 12.3. The lowest BCUT2D eigenvalue weighted by Crippen LogP contribution is -2.23. The minimum atomic E-state index is 0.0855. The Morgan fingerprint density at radius 3 is 2.59 bits per heavy atom. The maximum absolute atomic E-state index is 8.82. The number of anilines is 1. The minimum absolute atomic E-state index is 0.0855. The van der Waals surface area contributed by atoms with Crippen LogP contribution >= 0.6 is 22.9 Å². The highest BCUT2D eigenvalue weighted by molar-refractivity contribution is 7.19. The molecule has 17 heavy (non-hydrogen) atoms. The number of thiophene rings is 1. The predicted molar refractivity (Wildman–Crippen MR) is 70.7 cm³/mol. The van der Waals surface area contributed by atoms with Gasteiger partial charge in [0.2, 0.25) is 5.95 Å². The molecule has 6 heteroatoms. The normalized spacial score (nSPS) is 10.5. The fourth-order valence-corrected chi connectivity index (χ4v) is 2.38. The highest BCUT2D eigenvalue weighted by Gasteiger charge is 2.06. The van der Waals surface area contributed by atoms with Crippen molar-refractivity contribution in [1.82, 2.24) is 9.97 Å². The second-order valence-electron chi connectivity index (χ2n) is 3.52. The largest absolute Gasteiger partial charge is 0.395 e. The van der Waals surface area contributed by atoms with Crippen molar-refractivity contribution < 1.29 is 5.11 Å². The molecule has 0 saturated heterocycles. The van der Waals surface area contributed by atoms with E-state index in [4.69, 9.17) is 16.7 Å². The summed E-state index contributed by atoms with van der Waals surface area (Å²) in [6.07, 6.45) is 3.52. The van der Waals surface area contributed by atoms with Gasteiger partial charge in [-0.3, -0.25) is 0 Å². The number of likely N-dealkylation sites (N-methyl/N-ethyl adjacent to an activating group) is 1. The Morgan fingerprint density at radius 2 is 2.06 bits per heavy atom. The second-order valence-corrected chi connectivity index (χ2v) is 5.24. The molecule has 0 fully saturated rings. The van der Waals surface area contributed by atoms with Crippen molar-refractivity contribution in [2.45, 2.75) is 0 Å². The zero-order valence-electron chi connectivity index (χ0n) is 9.30. The summed E-state index contributed by atoms with van der Waals surface area (Å²) in [6.45, 7) is 0.603. The van der Waals surface area contributed by atoms with Gasteiger partial charge in [-0.15, -0.1) is 11.3 Å². The maximum atomic E-state index is 8.82. The first-order valence-corrected chi connectivity index (χ1v) is 6.30. The van der Waals surface area contributed by atoms with Crippen LogP contribution in [0.25, 0.3) is 10.4 Å². The van der Waals surface area contributed by atoms with E-state index in [9.17, 15) is 0 Å². The van der Waals surface area contributed by atoms with Gasteiger partial charge in [-0.05, 0) is 12.1 Å². The Morgan fingerprint density at radius 1 is 1.35 bits per heavy atom. The molecule has 4 nitrogen and oxygen atoms in total. The summed E-state index contributed by atoms with van der Waals surface area (Å²) in [6, 6.07) is 3.80. The average Bonchev–Trinajstić information content (AvgIpc) is 2.76. The van der Waals surface area contributed by atoms with Gasteiger partial charge in [0.25, 0.3) is 0 Å². The van der Waals surface area contributed by atoms with E-state index in [0.717, 1.165) is 14.8 Å². The lowest BCUT2D eigenvalue weighted by Gasteiger charge is -2.14. The third-order valence-corrected chi connectivity index (χ3v) is 3.55. The number of aliphatic hydroxyl groups excluding tert-OH is 1. The average molecular weight is 270 g/mol. The molecule has 0 radical (unpaired) electrons. The smallest absolute Gasteiger partial charge is 0.225 e. The number of hydrogen-bond donors (Lipinski definition) is 1. The standard InChI is InChI=1S/C11H12ClN3OS/c1-15(4-5-16)11-13-6-8(7-14-11)9-2-3-10(12)17-9/h2-3,6-7,16H,4-5H2,1H3. The Labute approximate surface area is 109 Å². The molecular weight excluding hydrogens is 258 g/mol. The molecule has 0 aromatic carbocycles. The van der Waals surface area contributed by atoms with E-state index in [1.54, 1.807) is 17.3 Å². The molecule has 0 aliphatic heterocycles. The molecule has 1 N–H and O–H groups in total. The Kier molecular flexibility index (Phi) is 3.93. The van der Waals surface area contributed by atoms with E-state index in [1.165, 1.54) is 11.3 Å². The van der Waals surface area contributed by atoms with Gasteiger partial charge in [-0.1, -0.05) is 11.6 Å². The molecule has 0 unspecified atom stereocenters. The molecule has 2 heterocycles. The molecule has 0 saturated carbocycles. The molecule has 0 atom stereocenters. The maximum Gasteiger partial charge on any atom is 0.225 e. The first-order valence-electron chi connectivity index (χ1n) is 5.10. The minimum Gasteiger partial charge on any atom is -0.395 e. The van der Waals surface area contributed by atoms with E-state index >= 15 is 0 Å². The van der Waals surface area contributed by atoms with Gasteiger partial charge in [0.15, 0.2) is 0 Å². The summed E-state index contributed by atoms with van der Waals surface area (Å²) < 4.78 is 0.751. The molecule has 2 aromatic heterocycles. The number of hydrogen-bond acceptors (Lipinski definition) is 5. The van der Waals surface area contributed by atoms with Crippen molar-refractivity contribution in [3.8, 4) is 10.4 Å². The summed E-state index contributed by atoms with van der Waals surface area (Å²) in [5, 5.41) is 8.82. The third-order valence-electron chi connectivity index (χ3n) is 2.27. The van der Waals surface area contributed by atoms with Gasteiger partial charge >= 0.3 is 0 Å². The van der Waals surface area contributed by atoms with Crippen LogP contribution in [-0.2, 0) is 0 Å². The Hall–Kier alpha value is -1.17. The monoisotopic (exact) mass is 269 g/mol. The van der Waals surface area contributed by atoms with Gasteiger partial charge in [-0.2, -0.15) is 0 Å². The van der Waals surface area contributed by atoms with Crippen LogP contribution in [0.15, 0.2) is 24.5 Å². The van der Waals surface area contributed by atoms with Crippen molar-refractivity contribution in [2.24, 2.45) is 0 Å². The molecule has 0 amide bonds. The van der Waals surface area contributed by atoms with E-state index in [1.807, 2.05) is 19.2 Å². The molecule has 2 aromatic rings. The number of aromatic nitrogens is 2. The van der Waals surface area contributed by atoms with Crippen LogP contribution in [0.2, 0.25) is 4.34 Å². The van der Waals surface area contributed by atoms with E-state index in [2.05, 4.69) is 9.97 Å². The van der Waals surface area contributed by atoms with Gasteiger partial charge in [-0.25, -0.2) is 9.97 Å². The quantitative estimate of drug-likeness (QED) is 0.925. The van der Waals surface area contributed by atoms with E-state index in [-0.39, 0.29) is 6.61 Å². The summed E-state index contributed by atoms with van der Waals surface area (Å²) in [5.74, 6) is 0.602. The van der Waals surface area contributed by atoms with Crippen LogP contribution in [0.4, 0.5) is 5.95 Å². The Balaban J connectivity index is 2.18. The number of rotatable bonds is 4. The molecule has 90 valence electrons. The molecule has 0 aliphatic rings. The predicted octanol–water partition coefficient (Wildman–Crippen LogP) is 2.29. The zero-order valence-corrected chi connectivity index (χ0v) is 10.9. The summed E-state index contributed by atoms with van der Waals surface area (Å²) in [7, 11) is 1.84. The van der Waals surface area contributed by atoms with Gasteiger partial charge < -0.3 is 10.0 Å². The molecule has 0 spiro atoms. The molecular formula is C11H12ClN3OS. The summed E-state index contributed by atoms with van der Waals surface area (Å²) >= 11 is 7.37. The topological polar surface area (TPSA) is 49.2 Å². The third kappa shape index (κ3) is 2.94. The fraction of sp³-hybridized carbons (Fsp3) is 0.273. The number of halogens is 1. The second kappa shape index (κ2) is 5.44. The molecule has 0 bridgehead atoms. The van der Waals surface area contributed by atoms with Gasteiger partial charge in [0.1, 0.15) is 0 Å². The van der Waals surface area contributed by atoms with Crippen LogP contribution in [0.5, 0.6) is 0 Å². The van der Waals surface area contributed by atoms with E-state index in [0.29, 0.717) is 12.5 Å². The SMILES string of the molecule is CN(CCO)c1ncc(-c2ccc(Cl)s2)cn1. The van der Waals surface area contributed by atoms with Crippen molar-refractivity contribution in [1.29, 1.82) is 0 Å². The highest BCUT2D eigenvalue weighted by atomic mass is 35.5. The Bertz CT molecular complexity index is 486. The number of aliphatic hydroxyl groups is 1. The lowest BCUT2D eigenvalue weighted by atomic mass is 10.3. The van der Waals surface area contributed by atoms with Crippen molar-refractivity contribution in [3.63, 3.8) is 0 Å². The summed E-state index contributed by atoms with van der Waals surface area (Å²) in [4.78, 5) is 11.3. The van der Waals surface area contributed by atoms with Crippen LogP contribution < -0.4 is 4.90 Å². The van der Waals surface area contributed by atoms with Crippen molar-refractivity contribution in [3.05, 3.63) is 28.9 Å². The van der Waals surface area contributed by atoms with Gasteiger partial charge in [0.05, 0.1) is 10.9 Å². The fourth-order valence-electron chi connectivity index (χ4n) is 1.37. The van der Waals surface area contributed by atoms with Crippen LogP contribution in [-0.4, -0.2) is 35.3 Å². The van der Waals surface area contributed by atoms with Crippen molar-refractivity contribution in [2.75, 3.05) is 25.1 Å². The van der Waals surface area contributed by atoms with Crippen LogP contribution in [0.3, 0.4) is 0 Å². The van der Waals surface area contributed by atoms with E-state index < -0.39 is 0 Å². The number of nitrogens with zero attached hydrogens (tertiary/aromatic N) is 3. The lowest BCUT2D eigenvalue weighted by molar-refractivity contribution is 0.303. The highest BCUT2D eigenvalue weighted by Crippen LogP contribution is 2.30.